The second-order valence-corrected chi connectivity index (χ2v) is 4.76. The van der Waals surface area contributed by atoms with Crippen LogP contribution in [0.15, 0.2) is 24.4 Å². The van der Waals surface area contributed by atoms with Crippen LogP contribution in [0.3, 0.4) is 0 Å². The molecular formula is C10H7IN2S. The monoisotopic (exact) mass is 314 g/mol. The molecule has 0 amide bonds. The van der Waals surface area contributed by atoms with Gasteiger partial charge in [-0.2, -0.15) is 5.26 Å². The number of aromatic nitrogens is 1. The summed E-state index contributed by atoms with van der Waals surface area (Å²) in [6, 6.07) is 7.94. The number of nitrogens with zero attached hydrogens (tertiary/aromatic N) is 2. The summed E-state index contributed by atoms with van der Waals surface area (Å²) >= 11 is 2.25. The molecule has 0 unspecified atom stereocenters. The number of hydrogen-bond donors (Lipinski definition) is 0. The average molecular weight is 314 g/mol. The Morgan fingerprint density at radius 2 is 2.29 bits per heavy atom. The van der Waals surface area contributed by atoms with E-state index in [2.05, 4.69) is 44.4 Å². The van der Waals surface area contributed by atoms with E-state index in [0.29, 0.717) is 0 Å². The van der Waals surface area contributed by atoms with Gasteiger partial charge < -0.3 is 0 Å². The van der Waals surface area contributed by atoms with Crippen molar-refractivity contribution in [3.63, 3.8) is 0 Å². The third-order valence-electron chi connectivity index (χ3n) is 2.17. The van der Waals surface area contributed by atoms with Crippen LogP contribution < -0.4 is 0 Å². The number of fused-ring (bicyclic) bond motifs is 1. The summed E-state index contributed by atoms with van der Waals surface area (Å²) in [5.41, 5.74) is 3.10. The van der Waals surface area contributed by atoms with Crippen LogP contribution in [0, 0.1) is 18.3 Å². The van der Waals surface area contributed by atoms with Gasteiger partial charge in [0, 0.05) is 41.9 Å². The van der Waals surface area contributed by atoms with E-state index in [9.17, 15) is 0 Å². The Balaban J connectivity index is 2.78. The van der Waals surface area contributed by atoms with E-state index in [4.69, 9.17) is 5.26 Å². The maximum atomic E-state index is 8.79. The average Bonchev–Trinajstić information content (AvgIpc) is 2.55. The quantitative estimate of drug-likeness (QED) is 0.752. The van der Waals surface area contributed by atoms with Gasteiger partial charge in [0.1, 0.15) is 0 Å². The van der Waals surface area contributed by atoms with Gasteiger partial charge in [-0.3, -0.25) is 3.97 Å². The smallest absolute Gasteiger partial charge is 0.0991 e. The highest BCUT2D eigenvalue weighted by molar-refractivity contribution is 14.2. The van der Waals surface area contributed by atoms with E-state index in [-0.39, 0.29) is 0 Å². The first-order chi connectivity index (χ1) is 6.76. The Labute approximate surface area is 98.6 Å². The lowest BCUT2D eigenvalue weighted by Gasteiger charge is -1.97. The van der Waals surface area contributed by atoms with Crippen molar-refractivity contribution in [2.24, 2.45) is 0 Å². The molecule has 0 N–H and O–H groups in total. The lowest BCUT2D eigenvalue weighted by Crippen LogP contribution is -1.79. The minimum atomic E-state index is 0.719. The molecule has 70 valence electrons. The summed E-state index contributed by atoms with van der Waals surface area (Å²) in [5.74, 6) is 0. The summed E-state index contributed by atoms with van der Waals surface area (Å²) in [5, 5.41) is 9.95. The fraction of sp³-hybridized carbons (Fsp3) is 0.100. The second-order valence-electron chi connectivity index (χ2n) is 3.05. The molecule has 0 aliphatic carbocycles. The Bertz CT molecular complexity index is 525. The molecule has 1 aromatic carbocycles. The van der Waals surface area contributed by atoms with E-state index in [1.165, 1.54) is 11.1 Å². The highest BCUT2D eigenvalue weighted by Gasteiger charge is 2.05. The molecule has 0 radical (unpaired) electrons. The van der Waals surface area contributed by atoms with Crippen LogP contribution in [-0.2, 0) is 0 Å². The predicted molar refractivity (Wildman–Crippen MR) is 68.4 cm³/mol. The lowest BCUT2D eigenvalue weighted by atomic mass is 10.1. The van der Waals surface area contributed by atoms with Crippen LogP contribution in [0.4, 0.5) is 0 Å². The molecule has 0 fully saturated rings. The number of benzene rings is 1. The van der Waals surface area contributed by atoms with Gasteiger partial charge in [-0.15, -0.1) is 0 Å². The van der Waals surface area contributed by atoms with Crippen LogP contribution in [0.2, 0.25) is 0 Å². The summed E-state index contributed by atoms with van der Waals surface area (Å²) in [7, 11) is 1.64. The van der Waals surface area contributed by atoms with Crippen molar-refractivity contribution in [2.75, 3.05) is 0 Å². The van der Waals surface area contributed by atoms with E-state index in [1.54, 1.807) is 9.12 Å². The fourth-order valence-electron chi connectivity index (χ4n) is 1.49. The Kier molecular flexibility index (Phi) is 2.70. The van der Waals surface area contributed by atoms with Crippen LogP contribution in [0.1, 0.15) is 11.1 Å². The molecule has 4 heteroatoms. The molecule has 0 bridgehead atoms. The normalized spacial score (nSPS) is 10.4. The maximum absolute atomic E-state index is 8.79. The number of aryl methyl sites for hydroxylation is 1. The number of rotatable bonds is 1. The molecule has 2 rings (SSSR count). The zero-order valence-electron chi connectivity index (χ0n) is 7.49. The third-order valence-corrected chi connectivity index (χ3v) is 3.90. The third kappa shape index (κ3) is 1.51. The highest BCUT2D eigenvalue weighted by Crippen LogP contribution is 2.28. The van der Waals surface area contributed by atoms with E-state index in [0.717, 1.165) is 10.9 Å². The summed E-state index contributed by atoms with van der Waals surface area (Å²) in [6.45, 7) is 2.06. The first-order valence-corrected chi connectivity index (χ1v) is 7.39. The topological polar surface area (TPSA) is 28.7 Å². The van der Waals surface area contributed by atoms with Gasteiger partial charge in [0.2, 0.25) is 0 Å². The van der Waals surface area contributed by atoms with Crippen molar-refractivity contribution in [3.8, 4) is 6.07 Å². The van der Waals surface area contributed by atoms with Crippen molar-refractivity contribution in [2.45, 2.75) is 6.92 Å². The van der Waals surface area contributed by atoms with Crippen molar-refractivity contribution >= 4 is 41.2 Å². The van der Waals surface area contributed by atoms with Gasteiger partial charge in [0.05, 0.1) is 17.1 Å². The molecule has 0 saturated carbocycles. The molecule has 2 nitrogen and oxygen atoms in total. The summed E-state index contributed by atoms with van der Waals surface area (Å²) in [4.78, 5) is 0. The molecule has 14 heavy (non-hydrogen) atoms. The van der Waals surface area contributed by atoms with Gasteiger partial charge in [0.15, 0.2) is 0 Å². The van der Waals surface area contributed by atoms with Gasteiger partial charge >= 0.3 is 0 Å². The predicted octanol–water partition coefficient (Wildman–Crippen LogP) is 3.67. The largest absolute Gasteiger partial charge is 0.282 e. The van der Waals surface area contributed by atoms with Gasteiger partial charge in [-0.1, -0.05) is 0 Å². The Morgan fingerprint density at radius 3 is 2.93 bits per heavy atom. The number of nitriles is 1. The van der Waals surface area contributed by atoms with Crippen molar-refractivity contribution in [3.05, 3.63) is 35.5 Å². The molecule has 0 aliphatic heterocycles. The molecular weight excluding hydrogens is 307 g/mol. The standard InChI is InChI=1S/C10H7IN2S/c1-7-6-13(14-11)10-3-2-8(5-12)4-9(7)10/h2-4,6H,1H3. The minimum absolute atomic E-state index is 0.719. The van der Waals surface area contributed by atoms with E-state index in [1.807, 2.05) is 18.2 Å². The maximum Gasteiger partial charge on any atom is 0.0991 e. The number of hydrogen-bond acceptors (Lipinski definition) is 2. The number of halogens is 1. The lowest BCUT2D eigenvalue weighted by molar-refractivity contribution is 1.34. The second kappa shape index (κ2) is 3.83. The van der Waals surface area contributed by atoms with Gasteiger partial charge in [0.25, 0.3) is 0 Å². The zero-order chi connectivity index (χ0) is 10.1. The Hall–Kier alpha value is -0.670. The Morgan fingerprint density at radius 1 is 1.50 bits per heavy atom. The van der Waals surface area contributed by atoms with Crippen LogP contribution in [0.5, 0.6) is 0 Å². The highest BCUT2D eigenvalue weighted by atomic mass is 127. The van der Waals surface area contributed by atoms with E-state index >= 15 is 0 Å². The molecule has 0 saturated heterocycles. The van der Waals surface area contributed by atoms with Crippen molar-refractivity contribution in [1.82, 2.24) is 3.97 Å². The minimum Gasteiger partial charge on any atom is -0.282 e. The molecule has 1 aromatic heterocycles. The fourth-order valence-corrected chi connectivity index (χ4v) is 2.89. The SMILES string of the molecule is Cc1cn(SI)c2ccc(C#N)cc12. The molecule has 0 aliphatic rings. The van der Waals surface area contributed by atoms with Gasteiger partial charge in [-0.05, 0) is 30.7 Å². The first-order valence-electron chi connectivity index (χ1n) is 4.07. The summed E-state index contributed by atoms with van der Waals surface area (Å²) in [6.07, 6.45) is 2.09. The van der Waals surface area contributed by atoms with Crippen molar-refractivity contribution in [1.29, 1.82) is 5.26 Å². The molecule has 0 spiro atoms. The van der Waals surface area contributed by atoms with Crippen LogP contribution >= 0.6 is 30.3 Å². The van der Waals surface area contributed by atoms with Gasteiger partial charge in [-0.25, -0.2) is 0 Å². The van der Waals surface area contributed by atoms with E-state index < -0.39 is 0 Å². The van der Waals surface area contributed by atoms with Crippen LogP contribution in [0.25, 0.3) is 10.9 Å². The summed E-state index contributed by atoms with van der Waals surface area (Å²) < 4.78 is 2.10. The zero-order valence-corrected chi connectivity index (χ0v) is 10.5. The first kappa shape index (κ1) is 9.87. The molecule has 2 aromatic rings. The van der Waals surface area contributed by atoms with Crippen molar-refractivity contribution < 1.29 is 0 Å². The molecule has 1 heterocycles. The van der Waals surface area contributed by atoms with Crippen LogP contribution in [-0.4, -0.2) is 3.97 Å². The molecule has 0 atom stereocenters.